The van der Waals surface area contributed by atoms with Crippen molar-refractivity contribution >= 4 is 24.1 Å². The van der Waals surface area contributed by atoms with Crippen LogP contribution in [0.5, 0.6) is 0 Å². The molecule has 0 saturated carbocycles. The molecule has 1 aromatic rings. The van der Waals surface area contributed by atoms with E-state index in [4.69, 9.17) is 5.11 Å². The number of carbonyl (C=O) groups is 1. The Morgan fingerprint density at radius 3 is 2.55 bits per heavy atom. The highest BCUT2D eigenvalue weighted by atomic mass is 35.5. The van der Waals surface area contributed by atoms with Gasteiger partial charge in [0.05, 0.1) is 4.92 Å². The van der Waals surface area contributed by atoms with E-state index >= 15 is 0 Å². The number of nitro benzene ring substituents is 1. The van der Waals surface area contributed by atoms with Gasteiger partial charge in [0.2, 0.25) is 0 Å². The van der Waals surface area contributed by atoms with Crippen LogP contribution in [0.15, 0.2) is 24.3 Å². The number of benzene rings is 1. The number of nitro groups is 1. The molecule has 2 N–H and O–H groups in total. The van der Waals surface area contributed by atoms with Crippen molar-refractivity contribution in [3.8, 4) is 0 Å². The summed E-state index contributed by atoms with van der Waals surface area (Å²) in [5.74, 6) is -0.938. The Bertz CT molecular complexity index is 467. The normalized spacial score (nSPS) is 13.1. The minimum absolute atomic E-state index is 0. The number of hydrogen-bond donors (Lipinski definition) is 2. The van der Waals surface area contributed by atoms with E-state index in [1.165, 1.54) is 6.07 Å². The summed E-state index contributed by atoms with van der Waals surface area (Å²) < 4.78 is 0. The first kappa shape index (κ1) is 18.3. The first-order valence-corrected chi connectivity index (χ1v) is 6.19. The fourth-order valence-electron chi connectivity index (χ4n) is 1.98. The summed E-state index contributed by atoms with van der Waals surface area (Å²) in [5.41, 5.74) is 0.498. The van der Waals surface area contributed by atoms with E-state index in [0.29, 0.717) is 12.0 Å². The Balaban J connectivity index is 0.00000361. The van der Waals surface area contributed by atoms with E-state index in [9.17, 15) is 14.9 Å². The average Bonchev–Trinajstić information content (AvgIpc) is 2.37. The third kappa shape index (κ3) is 4.79. The zero-order chi connectivity index (χ0) is 14.4. The van der Waals surface area contributed by atoms with Crippen LogP contribution in [-0.2, 0) is 4.79 Å². The molecule has 0 fully saturated rings. The molecule has 0 bridgehead atoms. The zero-order valence-corrected chi connectivity index (χ0v) is 12.2. The van der Waals surface area contributed by atoms with Crippen molar-refractivity contribution in [2.75, 3.05) is 0 Å². The van der Waals surface area contributed by atoms with Crippen molar-refractivity contribution in [3.05, 3.63) is 39.9 Å². The smallest absolute Gasteiger partial charge is 0.320 e. The zero-order valence-electron chi connectivity index (χ0n) is 11.4. The molecule has 20 heavy (non-hydrogen) atoms. The molecule has 0 spiro atoms. The summed E-state index contributed by atoms with van der Waals surface area (Å²) in [6.07, 6.45) is 1.22. The van der Waals surface area contributed by atoms with Crippen molar-refractivity contribution in [2.45, 2.75) is 38.8 Å². The third-order valence-electron chi connectivity index (χ3n) is 2.93. The molecule has 0 amide bonds. The van der Waals surface area contributed by atoms with Crippen LogP contribution in [0.3, 0.4) is 0 Å². The highest BCUT2D eigenvalue weighted by Crippen LogP contribution is 2.25. The van der Waals surface area contributed by atoms with Gasteiger partial charge in [0.25, 0.3) is 5.69 Å². The number of carboxylic acid groups (broad SMARTS) is 1. The lowest BCUT2D eigenvalue weighted by Crippen LogP contribution is -2.38. The summed E-state index contributed by atoms with van der Waals surface area (Å²) in [5, 5.41) is 22.9. The second-order valence-corrected chi connectivity index (χ2v) is 4.38. The van der Waals surface area contributed by atoms with E-state index in [1.807, 2.05) is 6.92 Å². The van der Waals surface area contributed by atoms with E-state index in [2.05, 4.69) is 5.32 Å². The molecule has 1 aromatic carbocycles. The molecular weight excluding hydrogens is 284 g/mol. The number of carboxylic acids is 1. The minimum atomic E-state index is -0.938. The van der Waals surface area contributed by atoms with Gasteiger partial charge in [0.15, 0.2) is 0 Å². The van der Waals surface area contributed by atoms with Crippen LogP contribution >= 0.6 is 12.4 Å². The van der Waals surface area contributed by atoms with Crippen LogP contribution in [0, 0.1) is 10.1 Å². The number of hydrogen-bond acceptors (Lipinski definition) is 4. The van der Waals surface area contributed by atoms with Crippen molar-refractivity contribution in [1.82, 2.24) is 5.32 Å². The van der Waals surface area contributed by atoms with E-state index in [0.717, 1.165) is 6.42 Å². The predicted molar refractivity (Wildman–Crippen MR) is 78.2 cm³/mol. The van der Waals surface area contributed by atoms with Crippen molar-refractivity contribution in [2.24, 2.45) is 0 Å². The van der Waals surface area contributed by atoms with E-state index < -0.39 is 23.0 Å². The molecule has 2 unspecified atom stereocenters. The lowest BCUT2D eigenvalue weighted by Gasteiger charge is -2.20. The molecule has 0 aliphatic carbocycles. The number of para-hydroxylation sites is 1. The van der Waals surface area contributed by atoms with Crippen molar-refractivity contribution < 1.29 is 14.8 Å². The molecule has 0 heterocycles. The third-order valence-corrected chi connectivity index (χ3v) is 2.93. The predicted octanol–water partition coefficient (Wildman–Crippen LogP) is 2.92. The molecule has 0 aliphatic heterocycles. The SMILES string of the molecule is CCCC(NC(C)c1ccccc1[N+](=O)[O-])C(=O)O.Cl. The minimum Gasteiger partial charge on any atom is -0.480 e. The molecule has 7 heteroatoms. The van der Waals surface area contributed by atoms with Crippen LogP contribution in [0.4, 0.5) is 5.69 Å². The monoisotopic (exact) mass is 302 g/mol. The quantitative estimate of drug-likeness (QED) is 0.597. The van der Waals surface area contributed by atoms with Gasteiger partial charge in [-0.1, -0.05) is 31.5 Å². The first-order chi connectivity index (χ1) is 8.97. The summed E-state index contributed by atoms with van der Waals surface area (Å²) in [6.45, 7) is 3.63. The summed E-state index contributed by atoms with van der Waals surface area (Å²) in [4.78, 5) is 21.6. The maximum Gasteiger partial charge on any atom is 0.320 e. The molecule has 0 radical (unpaired) electrons. The fraction of sp³-hybridized carbons (Fsp3) is 0.462. The molecule has 0 saturated heterocycles. The van der Waals surface area contributed by atoms with E-state index in [-0.39, 0.29) is 18.1 Å². The Kier molecular flexibility index (Phi) is 7.79. The van der Waals surface area contributed by atoms with Gasteiger partial charge in [0.1, 0.15) is 6.04 Å². The maximum absolute atomic E-state index is 11.1. The van der Waals surface area contributed by atoms with Crippen molar-refractivity contribution in [1.29, 1.82) is 0 Å². The average molecular weight is 303 g/mol. The van der Waals surface area contributed by atoms with Crippen LogP contribution in [0.25, 0.3) is 0 Å². The second kappa shape index (κ2) is 8.50. The largest absolute Gasteiger partial charge is 0.480 e. The molecule has 6 nitrogen and oxygen atoms in total. The van der Waals surface area contributed by atoms with Gasteiger partial charge >= 0.3 is 5.97 Å². The number of nitrogens with one attached hydrogen (secondary N) is 1. The topological polar surface area (TPSA) is 92.5 Å². The van der Waals surface area contributed by atoms with Gasteiger partial charge in [-0.3, -0.25) is 20.2 Å². The second-order valence-electron chi connectivity index (χ2n) is 4.38. The Labute approximate surface area is 123 Å². The van der Waals surface area contributed by atoms with Crippen LogP contribution in [0.2, 0.25) is 0 Å². The molecule has 0 aliphatic rings. The number of aliphatic carboxylic acids is 1. The Morgan fingerprint density at radius 2 is 2.05 bits per heavy atom. The van der Waals surface area contributed by atoms with Crippen molar-refractivity contribution in [3.63, 3.8) is 0 Å². The maximum atomic E-state index is 11.1. The van der Waals surface area contributed by atoms with Gasteiger partial charge in [-0.25, -0.2) is 0 Å². The molecule has 2 atom stereocenters. The summed E-state index contributed by atoms with van der Waals surface area (Å²) in [7, 11) is 0. The number of nitrogens with zero attached hydrogens (tertiary/aromatic N) is 1. The number of rotatable bonds is 7. The lowest BCUT2D eigenvalue weighted by molar-refractivity contribution is -0.385. The Morgan fingerprint density at radius 1 is 1.45 bits per heavy atom. The van der Waals surface area contributed by atoms with Gasteiger partial charge < -0.3 is 5.11 Å². The summed E-state index contributed by atoms with van der Waals surface area (Å²) >= 11 is 0. The first-order valence-electron chi connectivity index (χ1n) is 6.19. The molecule has 112 valence electrons. The highest BCUT2D eigenvalue weighted by molar-refractivity contribution is 5.85. The molecule has 1 rings (SSSR count). The summed E-state index contributed by atoms with van der Waals surface area (Å²) in [6, 6.07) is 5.27. The number of halogens is 1. The van der Waals surface area contributed by atoms with E-state index in [1.54, 1.807) is 25.1 Å². The van der Waals surface area contributed by atoms with Gasteiger partial charge in [-0.2, -0.15) is 0 Å². The van der Waals surface area contributed by atoms with Crippen LogP contribution in [-0.4, -0.2) is 22.0 Å². The van der Waals surface area contributed by atoms with Gasteiger partial charge in [-0.15, -0.1) is 12.4 Å². The molecular formula is C13H19ClN2O4. The Hall–Kier alpha value is -1.66. The standard InChI is InChI=1S/C13H18N2O4.ClH/c1-3-6-11(13(16)17)14-9(2)10-7-4-5-8-12(10)15(18)19;/h4-5,7-9,11,14H,3,6H2,1-2H3,(H,16,17);1H. The molecule has 0 aromatic heterocycles. The van der Waals surface area contributed by atoms with Gasteiger partial charge in [0, 0.05) is 17.7 Å². The fourth-order valence-corrected chi connectivity index (χ4v) is 1.98. The van der Waals surface area contributed by atoms with Crippen LogP contribution < -0.4 is 5.32 Å². The van der Waals surface area contributed by atoms with Crippen LogP contribution in [0.1, 0.15) is 38.3 Å². The highest BCUT2D eigenvalue weighted by Gasteiger charge is 2.23. The lowest BCUT2D eigenvalue weighted by atomic mass is 10.0. The van der Waals surface area contributed by atoms with Gasteiger partial charge in [-0.05, 0) is 13.3 Å².